The molecule has 0 saturated carbocycles. The first-order valence-electron chi connectivity index (χ1n) is 4.92. The number of nitrogens with two attached hydrogens (primary N) is 1. The van der Waals surface area contributed by atoms with E-state index in [1.807, 2.05) is 6.92 Å². The number of halogens is 1. The number of rotatable bonds is 5. The predicted molar refractivity (Wildman–Crippen MR) is 57.4 cm³/mol. The number of nitrogen functional groups attached to an aromatic ring is 1. The number of anilines is 1. The van der Waals surface area contributed by atoms with Gasteiger partial charge in [0.1, 0.15) is 0 Å². The summed E-state index contributed by atoms with van der Waals surface area (Å²) in [5, 5.41) is 2.51. The zero-order valence-electron chi connectivity index (χ0n) is 9.00. The van der Waals surface area contributed by atoms with E-state index in [1.54, 1.807) is 0 Å². The maximum absolute atomic E-state index is 13.3. The SMILES string of the molecule is CCOCCNC(=O)c1ccnc(N)c1F. The largest absolute Gasteiger partial charge is 0.381 e. The smallest absolute Gasteiger partial charge is 0.254 e. The third-order valence-electron chi connectivity index (χ3n) is 1.90. The van der Waals surface area contributed by atoms with Crippen LogP contribution in [0.15, 0.2) is 12.3 Å². The molecule has 0 unspecified atom stereocenters. The second-order valence-electron chi connectivity index (χ2n) is 3.01. The molecule has 88 valence electrons. The van der Waals surface area contributed by atoms with Crippen LogP contribution in [0, 0.1) is 5.82 Å². The lowest BCUT2D eigenvalue weighted by atomic mass is 10.2. The number of carbonyl (C=O) groups is 1. The molecule has 5 nitrogen and oxygen atoms in total. The van der Waals surface area contributed by atoms with Crippen molar-refractivity contribution in [2.75, 3.05) is 25.5 Å². The molecule has 0 spiro atoms. The summed E-state index contributed by atoms with van der Waals surface area (Å²) < 4.78 is 18.4. The van der Waals surface area contributed by atoms with Gasteiger partial charge < -0.3 is 15.8 Å². The first-order valence-corrected chi connectivity index (χ1v) is 4.92. The highest BCUT2D eigenvalue weighted by atomic mass is 19.1. The van der Waals surface area contributed by atoms with E-state index in [9.17, 15) is 9.18 Å². The number of nitrogens with zero attached hydrogens (tertiary/aromatic N) is 1. The molecule has 0 aliphatic carbocycles. The summed E-state index contributed by atoms with van der Waals surface area (Å²) >= 11 is 0. The van der Waals surface area contributed by atoms with Gasteiger partial charge in [0.25, 0.3) is 5.91 Å². The van der Waals surface area contributed by atoms with Crippen LogP contribution in [0.4, 0.5) is 10.2 Å². The summed E-state index contributed by atoms with van der Waals surface area (Å²) in [6.45, 7) is 3.15. The van der Waals surface area contributed by atoms with Gasteiger partial charge in [-0.1, -0.05) is 0 Å². The molecule has 0 saturated heterocycles. The molecule has 0 aliphatic heterocycles. The van der Waals surface area contributed by atoms with E-state index in [-0.39, 0.29) is 11.4 Å². The summed E-state index contributed by atoms with van der Waals surface area (Å²) in [5.41, 5.74) is 5.14. The standard InChI is InChI=1S/C10H14FN3O2/c1-2-16-6-5-14-10(15)7-3-4-13-9(12)8(7)11/h3-4H,2,5-6H2,1H3,(H2,12,13)(H,14,15). The van der Waals surface area contributed by atoms with Crippen molar-refractivity contribution >= 4 is 11.7 Å². The molecule has 0 radical (unpaired) electrons. The Kier molecular flexibility index (Phi) is 4.65. The van der Waals surface area contributed by atoms with Gasteiger partial charge in [0, 0.05) is 19.3 Å². The molecule has 1 aromatic heterocycles. The molecule has 1 heterocycles. The van der Waals surface area contributed by atoms with Crippen LogP contribution in [0.3, 0.4) is 0 Å². The Morgan fingerprint density at radius 2 is 2.44 bits per heavy atom. The summed E-state index contributed by atoms with van der Waals surface area (Å²) in [4.78, 5) is 15.0. The number of nitrogens with one attached hydrogen (secondary N) is 1. The number of amides is 1. The highest BCUT2D eigenvalue weighted by Crippen LogP contribution is 2.11. The fourth-order valence-corrected chi connectivity index (χ4v) is 1.11. The van der Waals surface area contributed by atoms with Crippen LogP contribution in [-0.4, -0.2) is 30.6 Å². The molecule has 0 aliphatic rings. The molecule has 1 aromatic rings. The molecule has 0 aromatic carbocycles. The Bertz CT molecular complexity index is 371. The van der Waals surface area contributed by atoms with Gasteiger partial charge in [-0.25, -0.2) is 9.37 Å². The highest BCUT2D eigenvalue weighted by molar-refractivity contribution is 5.95. The predicted octanol–water partition coefficient (Wildman–Crippen LogP) is 0.569. The molecule has 16 heavy (non-hydrogen) atoms. The fourth-order valence-electron chi connectivity index (χ4n) is 1.11. The normalized spacial score (nSPS) is 10.1. The van der Waals surface area contributed by atoms with Gasteiger partial charge in [0.2, 0.25) is 0 Å². The van der Waals surface area contributed by atoms with Gasteiger partial charge in [-0.05, 0) is 13.0 Å². The lowest BCUT2D eigenvalue weighted by Gasteiger charge is -2.06. The molecule has 0 atom stereocenters. The number of aromatic nitrogens is 1. The van der Waals surface area contributed by atoms with Crippen molar-refractivity contribution in [2.45, 2.75) is 6.92 Å². The average Bonchev–Trinajstić information content (AvgIpc) is 2.28. The van der Waals surface area contributed by atoms with Crippen molar-refractivity contribution < 1.29 is 13.9 Å². The molecule has 0 fully saturated rings. The average molecular weight is 227 g/mol. The third-order valence-corrected chi connectivity index (χ3v) is 1.90. The molecular formula is C10H14FN3O2. The van der Waals surface area contributed by atoms with Crippen molar-refractivity contribution in [1.82, 2.24) is 10.3 Å². The molecule has 1 amide bonds. The topological polar surface area (TPSA) is 77.2 Å². The summed E-state index contributed by atoms with van der Waals surface area (Å²) in [6, 6.07) is 1.28. The van der Waals surface area contributed by atoms with Crippen LogP contribution in [0.1, 0.15) is 17.3 Å². The van der Waals surface area contributed by atoms with E-state index in [0.717, 1.165) is 0 Å². The third kappa shape index (κ3) is 3.16. The maximum atomic E-state index is 13.3. The second-order valence-corrected chi connectivity index (χ2v) is 3.01. The minimum absolute atomic E-state index is 0.107. The van der Waals surface area contributed by atoms with Gasteiger partial charge in [-0.2, -0.15) is 0 Å². The van der Waals surface area contributed by atoms with Crippen molar-refractivity contribution in [3.05, 3.63) is 23.6 Å². The van der Waals surface area contributed by atoms with Gasteiger partial charge in [-0.15, -0.1) is 0 Å². The molecular weight excluding hydrogens is 213 g/mol. The van der Waals surface area contributed by atoms with Crippen LogP contribution < -0.4 is 11.1 Å². The van der Waals surface area contributed by atoms with Crippen LogP contribution in [0.2, 0.25) is 0 Å². The Morgan fingerprint density at radius 3 is 3.12 bits per heavy atom. The first kappa shape index (κ1) is 12.4. The number of hydrogen-bond donors (Lipinski definition) is 2. The fraction of sp³-hybridized carbons (Fsp3) is 0.400. The number of ether oxygens (including phenoxy) is 1. The van der Waals surface area contributed by atoms with Crippen molar-refractivity contribution in [3.8, 4) is 0 Å². The van der Waals surface area contributed by atoms with Crippen molar-refractivity contribution in [3.63, 3.8) is 0 Å². The van der Waals surface area contributed by atoms with Crippen LogP contribution >= 0.6 is 0 Å². The van der Waals surface area contributed by atoms with Crippen LogP contribution in [0.25, 0.3) is 0 Å². The molecule has 6 heteroatoms. The Morgan fingerprint density at radius 1 is 1.69 bits per heavy atom. The summed E-state index contributed by atoms with van der Waals surface area (Å²) in [7, 11) is 0. The minimum Gasteiger partial charge on any atom is -0.381 e. The second kappa shape index (κ2) is 6.02. The quantitative estimate of drug-likeness (QED) is 0.721. The van der Waals surface area contributed by atoms with E-state index in [2.05, 4.69) is 10.3 Å². The lowest BCUT2D eigenvalue weighted by molar-refractivity contribution is 0.0918. The van der Waals surface area contributed by atoms with Crippen molar-refractivity contribution in [1.29, 1.82) is 0 Å². The minimum atomic E-state index is -0.795. The maximum Gasteiger partial charge on any atom is 0.254 e. The van der Waals surface area contributed by atoms with E-state index >= 15 is 0 Å². The molecule has 1 rings (SSSR count). The number of hydrogen-bond acceptors (Lipinski definition) is 4. The van der Waals surface area contributed by atoms with Gasteiger partial charge in [0.05, 0.1) is 12.2 Å². The number of carbonyl (C=O) groups excluding carboxylic acids is 1. The Labute approximate surface area is 92.8 Å². The lowest BCUT2D eigenvalue weighted by Crippen LogP contribution is -2.28. The molecule has 3 N–H and O–H groups in total. The Balaban J connectivity index is 2.56. The van der Waals surface area contributed by atoms with E-state index in [4.69, 9.17) is 10.5 Å². The van der Waals surface area contributed by atoms with Crippen molar-refractivity contribution in [2.24, 2.45) is 0 Å². The Hall–Kier alpha value is -1.69. The van der Waals surface area contributed by atoms with Gasteiger partial charge in [0.15, 0.2) is 11.6 Å². The molecule has 0 bridgehead atoms. The van der Waals surface area contributed by atoms with E-state index in [0.29, 0.717) is 19.8 Å². The van der Waals surface area contributed by atoms with Crippen LogP contribution in [0.5, 0.6) is 0 Å². The van der Waals surface area contributed by atoms with E-state index in [1.165, 1.54) is 12.3 Å². The van der Waals surface area contributed by atoms with Gasteiger partial charge in [-0.3, -0.25) is 4.79 Å². The van der Waals surface area contributed by atoms with Crippen LogP contribution in [-0.2, 0) is 4.74 Å². The number of pyridine rings is 1. The first-order chi connectivity index (χ1) is 7.66. The zero-order valence-corrected chi connectivity index (χ0v) is 9.00. The summed E-state index contributed by atoms with van der Waals surface area (Å²) in [6.07, 6.45) is 1.29. The van der Waals surface area contributed by atoms with Gasteiger partial charge >= 0.3 is 0 Å². The van der Waals surface area contributed by atoms with E-state index < -0.39 is 11.7 Å². The summed E-state index contributed by atoms with van der Waals surface area (Å²) in [5.74, 6) is -1.60. The zero-order chi connectivity index (χ0) is 12.0. The monoisotopic (exact) mass is 227 g/mol. The highest BCUT2D eigenvalue weighted by Gasteiger charge is 2.13.